The van der Waals surface area contributed by atoms with Crippen LogP contribution in [-0.2, 0) is 31.6 Å². The lowest BCUT2D eigenvalue weighted by atomic mass is 9.99. The summed E-state index contributed by atoms with van der Waals surface area (Å²) in [4.78, 5) is 50.9. The molecule has 0 bridgehead atoms. The molecule has 1 aliphatic heterocycles. The van der Waals surface area contributed by atoms with Crippen molar-refractivity contribution in [3.8, 4) is 0 Å². The topological polar surface area (TPSA) is 250 Å². The van der Waals surface area contributed by atoms with Crippen LogP contribution >= 0.6 is 35.1 Å². The number of halogens is 2. The molecule has 0 spiro atoms. The number of nitrogens with zero attached hydrogens (tertiary/aromatic N) is 2. The van der Waals surface area contributed by atoms with Crippen molar-refractivity contribution in [3.05, 3.63) is 22.7 Å². The molecule has 31 heavy (non-hydrogen) atoms. The number of hydrogen-bond donors (Lipinski definition) is 6. The van der Waals surface area contributed by atoms with Crippen LogP contribution in [0.25, 0.3) is 0 Å². The number of nitrogens with two attached hydrogens (primary N) is 1. The van der Waals surface area contributed by atoms with Gasteiger partial charge < -0.3 is 35.2 Å². The van der Waals surface area contributed by atoms with Crippen LogP contribution in [0.4, 0.5) is 10.2 Å². The summed E-state index contributed by atoms with van der Waals surface area (Å²) >= 11 is 5.69. The lowest BCUT2D eigenvalue weighted by molar-refractivity contribution is -0.113. The molecule has 7 N–H and O–H groups in total. The molecule has 0 saturated carbocycles. The largest absolute Gasteiger partial charge is 0.490 e. The normalized spacial score (nSPS) is 30.6. The first kappa shape index (κ1) is 26.5. The van der Waals surface area contributed by atoms with Crippen molar-refractivity contribution in [2.75, 3.05) is 18.2 Å². The van der Waals surface area contributed by atoms with Crippen molar-refractivity contribution >= 4 is 40.9 Å². The van der Waals surface area contributed by atoms with Crippen LogP contribution in [0, 0.1) is 0 Å². The number of nitrogen functional groups attached to an aromatic ring is 1. The molecule has 1 aromatic heterocycles. The predicted octanol–water partition coefficient (Wildman–Crippen LogP) is -0.626. The molecule has 178 valence electrons. The summed E-state index contributed by atoms with van der Waals surface area (Å²) in [6, 6.07) is 1.12. The Bertz CT molecular complexity index is 1020. The molecule has 1 aliphatic rings. The van der Waals surface area contributed by atoms with Gasteiger partial charge in [-0.05, 0) is 6.07 Å². The molecular formula is C10H16ClFN3O13P3. The van der Waals surface area contributed by atoms with E-state index in [9.17, 15) is 32.9 Å². The molecule has 2 rings (SSSR count). The molecule has 2 heterocycles. The number of aliphatic hydroxyl groups excluding tert-OH is 1. The summed E-state index contributed by atoms with van der Waals surface area (Å²) in [6.45, 7) is -1.24. The van der Waals surface area contributed by atoms with Gasteiger partial charge in [0.05, 0.1) is 12.5 Å². The quantitative estimate of drug-likeness (QED) is 0.171. The highest BCUT2D eigenvalue weighted by Gasteiger charge is 2.57. The van der Waals surface area contributed by atoms with Crippen molar-refractivity contribution < 1.29 is 60.6 Å². The van der Waals surface area contributed by atoms with Gasteiger partial charge >= 0.3 is 29.2 Å². The first-order valence-corrected chi connectivity index (χ1v) is 12.8. The van der Waals surface area contributed by atoms with Gasteiger partial charge in [0.25, 0.3) is 0 Å². The summed E-state index contributed by atoms with van der Waals surface area (Å²) in [5.74, 6) is -0.968. The van der Waals surface area contributed by atoms with Crippen LogP contribution in [0.1, 0.15) is 6.23 Å². The van der Waals surface area contributed by atoms with E-state index in [1.807, 2.05) is 0 Å². The van der Waals surface area contributed by atoms with E-state index >= 15 is 0 Å². The fourth-order valence-corrected chi connectivity index (χ4v) is 5.79. The molecule has 1 fully saturated rings. The maximum Gasteiger partial charge on any atom is 0.490 e. The van der Waals surface area contributed by atoms with Gasteiger partial charge in [0.15, 0.2) is 12.4 Å². The van der Waals surface area contributed by atoms with E-state index in [0.717, 1.165) is 12.3 Å². The first-order chi connectivity index (χ1) is 14.0. The Kier molecular flexibility index (Phi) is 7.89. The van der Waals surface area contributed by atoms with E-state index in [0.29, 0.717) is 4.57 Å². The number of rotatable bonds is 9. The number of phosphoric ester groups is 1. The van der Waals surface area contributed by atoms with E-state index < -0.39 is 65.7 Å². The Balaban J connectivity index is 2.20. The summed E-state index contributed by atoms with van der Waals surface area (Å²) in [5.41, 5.74) is 1.99. The number of ether oxygens (including phenoxy) is 1. The maximum atomic E-state index is 14.6. The van der Waals surface area contributed by atoms with Crippen molar-refractivity contribution in [1.82, 2.24) is 9.55 Å². The number of hydrogen-bond acceptors (Lipinski definition) is 11. The minimum atomic E-state index is -5.80. The smallest absolute Gasteiger partial charge is 0.387 e. The SMILES string of the molecule is Nc1ccn([C@@H]2O[C@](CCl)(COP(=O)(O)OP(=O)(O)OP(=O)(O)O)[C@@H](O)[C@@H]2F)c(=O)n1. The number of alkyl halides is 2. The van der Waals surface area contributed by atoms with E-state index in [4.69, 9.17) is 36.8 Å². The fourth-order valence-electron chi connectivity index (χ4n) is 2.41. The summed E-state index contributed by atoms with van der Waals surface area (Å²) < 4.78 is 65.8. The second-order valence-electron chi connectivity index (χ2n) is 6.00. The van der Waals surface area contributed by atoms with Crippen molar-refractivity contribution in [2.24, 2.45) is 0 Å². The van der Waals surface area contributed by atoms with Gasteiger partial charge in [-0.25, -0.2) is 22.9 Å². The van der Waals surface area contributed by atoms with Crippen LogP contribution in [0.15, 0.2) is 17.1 Å². The third kappa shape index (κ3) is 6.62. The second kappa shape index (κ2) is 9.23. The third-order valence-corrected chi connectivity index (χ3v) is 7.94. The van der Waals surface area contributed by atoms with E-state index in [2.05, 4.69) is 18.1 Å². The molecule has 0 amide bonds. The summed E-state index contributed by atoms with van der Waals surface area (Å²) in [7, 11) is -17.0. The molecule has 0 aromatic carbocycles. The van der Waals surface area contributed by atoms with Crippen LogP contribution < -0.4 is 11.4 Å². The van der Waals surface area contributed by atoms with Crippen LogP contribution in [0.2, 0.25) is 0 Å². The molecule has 6 atom stereocenters. The molecule has 1 aromatic rings. The highest BCUT2D eigenvalue weighted by molar-refractivity contribution is 7.66. The molecule has 16 nitrogen and oxygen atoms in total. The number of aliphatic hydroxyl groups is 1. The van der Waals surface area contributed by atoms with Gasteiger partial charge in [0, 0.05) is 6.20 Å². The van der Waals surface area contributed by atoms with E-state index in [1.165, 1.54) is 0 Å². The number of anilines is 1. The second-order valence-corrected chi connectivity index (χ2v) is 10.7. The Morgan fingerprint density at radius 1 is 1.26 bits per heavy atom. The number of aromatic nitrogens is 2. The minimum absolute atomic E-state index is 0.188. The molecule has 2 unspecified atom stereocenters. The highest BCUT2D eigenvalue weighted by atomic mass is 35.5. The fraction of sp³-hybridized carbons (Fsp3) is 0.600. The molecule has 21 heteroatoms. The van der Waals surface area contributed by atoms with Gasteiger partial charge in [0.2, 0.25) is 0 Å². The predicted molar refractivity (Wildman–Crippen MR) is 97.2 cm³/mol. The van der Waals surface area contributed by atoms with Crippen LogP contribution in [0.5, 0.6) is 0 Å². The zero-order valence-corrected chi connectivity index (χ0v) is 18.3. The van der Waals surface area contributed by atoms with E-state index in [-0.39, 0.29) is 5.82 Å². The molecule has 1 saturated heterocycles. The number of phosphoric acid groups is 3. The van der Waals surface area contributed by atoms with Gasteiger partial charge in [0.1, 0.15) is 17.5 Å². The third-order valence-electron chi connectivity index (χ3n) is 3.71. The standard InChI is InChI=1S/C10H16ClFN3O13P3/c11-3-10(4-25-30(21,22)28-31(23,24)27-29(18,19)20)7(16)6(12)8(26-10)15-2-1-5(13)14-9(15)17/h1-2,6-8,16H,3-4H2,(H,21,22)(H,23,24)(H2,13,14,17)(H2,18,19,20)/t6-,7-,8+,10+/m0/s1. The van der Waals surface area contributed by atoms with Crippen molar-refractivity contribution in [3.63, 3.8) is 0 Å². The summed E-state index contributed by atoms with van der Waals surface area (Å²) in [6.07, 6.45) is -5.29. The van der Waals surface area contributed by atoms with Crippen molar-refractivity contribution in [1.29, 1.82) is 0 Å². The molecule has 0 radical (unpaired) electrons. The van der Waals surface area contributed by atoms with Gasteiger partial charge in [-0.1, -0.05) is 0 Å². The minimum Gasteiger partial charge on any atom is -0.387 e. The average molecular weight is 534 g/mol. The maximum absolute atomic E-state index is 14.6. The van der Waals surface area contributed by atoms with Gasteiger partial charge in [-0.2, -0.15) is 13.6 Å². The lowest BCUT2D eigenvalue weighted by Gasteiger charge is -2.29. The van der Waals surface area contributed by atoms with Crippen LogP contribution in [0.3, 0.4) is 0 Å². The lowest BCUT2D eigenvalue weighted by Crippen LogP contribution is -2.47. The molecule has 0 aliphatic carbocycles. The average Bonchev–Trinajstić information content (AvgIpc) is 2.82. The van der Waals surface area contributed by atoms with Gasteiger partial charge in [-0.15, -0.1) is 11.6 Å². The highest BCUT2D eigenvalue weighted by Crippen LogP contribution is 2.66. The van der Waals surface area contributed by atoms with Gasteiger partial charge in [-0.3, -0.25) is 9.09 Å². The Hall–Kier alpha value is -0.770. The van der Waals surface area contributed by atoms with E-state index in [1.54, 1.807) is 0 Å². The zero-order chi connectivity index (χ0) is 23.8. The zero-order valence-electron chi connectivity index (χ0n) is 14.9. The van der Waals surface area contributed by atoms with Crippen LogP contribution in [-0.4, -0.2) is 64.6 Å². The Labute approximate surface area is 176 Å². The van der Waals surface area contributed by atoms with Crippen molar-refractivity contribution in [2.45, 2.75) is 24.1 Å². The Morgan fingerprint density at radius 2 is 1.87 bits per heavy atom. The first-order valence-electron chi connectivity index (χ1n) is 7.70. The molecular weight excluding hydrogens is 517 g/mol. The summed E-state index contributed by atoms with van der Waals surface area (Å²) in [5, 5.41) is 10.2. The monoisotopic (exact) mass is 533 g/mol. The Morgan fingerprint density at radius 3 is 2.39 bits per heavy atom.